The molecule has 100 valence electrons. The molecule has 0 aromatic carbocycles. The van der Waals surface area contributed by atoms with Gasteiger partial charge in [-0.2, -0.15) is 10.2 Å². The van der Waals surface area contributed by atoms with Crippen LogP contribution in [0.15, 0.2) is 10.2 Å². The van der Waals surface area contributed by atoms with Crippen LogP contribution in [0.3, 0.4) is 0 Å². The number of hydrogen-bond donors (Lipinski definition) is 4. The van der Waals surface area contributed by atoms with Crippen molar-refractivity contribution in [2.75, 3.05) is 14.1 Å². The lowest BCUT2D eigenvalue weighted by atomic mass is 10.1. The lowest BCUT2D eigenvalue weighted by Gasteiger charge is -2.07. The topological polar surface area (TPSA) is 72.8 Å². The summed E-state index contributed by atoms with van der Waals surface area (Å²) in [7, 11) is 3.49. The van der Waals surface area contributed by atoms with Gasteiger partial charge in [-0.3, -0.25) is 10.9 Å². The normalized spacial score (nSPS) is 22.9. The summed E-state index contributed by atoms with van der Waals surface area (Å²) < 4.78 is 0. The Bertz CT molecular complexity index is 390. The standard InChI is InChI=1S/C10H18N6S2/c1-6-4-5-7(13-15-9(17)11-2)8(6)14-16-10(18)12-3/h6H,4-5H2,1-3H3,(H2,11,15,17)(H2,12,16,18)/b13-7+,14-8+. The number of hydrogen-bond acceptors (Lipinski definition) is 4. The van der Waals surface area contributed by atoms with E-state index in [1.165, 1.54) is 0 Å². The predicted octanol–water partition coefficient (Wildman–Crippen LogP) is 0.316. The summed E-state index contributed by atoms with van der Waals surface area (Å²) in [6.07, 6.45) is 1.91. The molecule has 0 saturated heterocycles. The van der Waals surface area contributed by atoms with Gasteiger partial charge in [0.25, 0.3) is 0 Å². The molecule has 0 aromatic heterocycles. The molecule has 6 nitrogen and oxygen atoms in total. The third-order valence-corrected chi connectivity index (χ3v) is 3.19. The fraction of sp³-hybridized carbons (Fsp3) is 0.600. The van der Waals surface area contributed by atoms with Crippen LogP contribution in [0.1, 0.15) is 19.8 Å². The zero-order valence-corrected chi connectivity index (χ0v) is 12.3. The minimum atomic E-state index is 0.362. The maximum Gasteiger partial charge on any atom is 0.186 e. The Hall–Kier alpha value is -1.28. The van der Waals surface area contributed by atoms with E-state index in [0.717, 1.165) is 24.3 Å². The SMILES string of the molecule is CNC(=S)N/N=C1\CCC(C)\C1=N/NC(=S)NC. The highest BCUT2D eigenvalue weighted by Crippen LogP contribution is 2.19. The molecule has 1 saturated carbocycles. The zero-order valence-electron chi connectivity index (χ0n) is 10.7. The maximum absolute atomic E-state index is 4.98. The van der Waals surface area contributed by atoms with Crippen LogP contribution in [-0.4, -0.2) is 35.7 Å². The maximum atomic E-state index is 4.98. The van der Waals surface area contributed by atoms with Gasteiger partial charge in [-0.1, -0.05) is 6.92 Å². The van der Waals surface area contributed by atoms with Crippen LogP contribution in [0.5, 0.6) is 0 Å². The van der Waals surface area contributed by atoms with E-state index in [2.05, 4.69) is 38.6 Å². The second-order valence-electron chi connectivity index (χ2n) is 3.88. The number of nitrogens with zero attached hydrogens (tertiary/aromatic N) is 2. The predicted molar refractivity (Wildman–Crippen MR) is 82.9 cm³/mol. The van der Waals surface area contributed by atoms with Gasteiger partial charge in [-0.25, -0.2) is 0 Å². The average molecular weight is 286 g/mol. The van der Waals surface area contributed by atoms with Crippen molar-refractivity contribution in [3.8, 4) is 0 Å². The van der Waals surface area contributed by atoms with E-state index in [1.54, 1.807) is 14.1 Å². The summed E-state index contributed by atoms with van der Waals surface area (Å²) in [6, 6.07) is 0. The summed E-state index contributed by atoms with van der Waals surface area (Å²) in [5.41, 5.74) is 7.39. The van der Waals surface area contributed by atoms with Gasteiger partial charge in [0, 0.05) is 20.0 Å². The van der Waals surface area contributed by atoms with E-state index in [9.17, 15) is 0 Å². The van der Waals surface area contributed by atoms with E-state index in [4.69, 9.17) is 24.4 Å². The van der Waals surface area contributed by atoms with Crippen molar-refractivity contribution in [3.63, 3.8) is 0 Å². The van der Waals surface area contributed by atoms with Crippen molar-refractivity contribution in [3.05, 3.63) is 0 Å². The second-order valence-corrected chi connectivity index (χ2v) is 4.69. The molecular formula is C10H18N6S2. The van der Waals surface area contributed by atoms with Gasteiger partial charge in [-0.05, 0) is 37.3 Å². The molecule has 18 heavy (non-hydrogen) atoms. The minimum Gasteiger partial charge on any atom is -0.364 e. The molecule has 1 aliphatic rings. The summed E-state index contributed by atoms with van der Waals surface area (Å²) in [6.45, 7) is 2.11. The molecule has 0 aromatic rings. The third-order valence-electron chi connectivity index (χ3n) is 2.60. The number of hydrazone groups is 2. The van der Waals surface area contributed by atoms with E-state index >= 15 is 0 Å². The molecule has 0 aliphatic heterocycles. The first-order valence-corrected chi connectivity index (χ1v) is 6.50. The van der Waals surface area contributed by atoms with Crippen LogP contribution in [-0.2, 0) is 0 Å². The summed E-state index contributed by atoms with van der Waals surface area (Å²) in [4.78, 5) is 0. The van der Waals surface area contributed by atoms with E-state index in [-0.39, 0.29) is 0 Å². The first-order chi connectivity index (χ1) is 8.58. The van der Waals surface area contributed by atoms with Gasteiger partial charge >= 0.3 is 0 Å². The molecule has 4 N–H and O–H groups in total. The van der Waals surface area contributed by atoms with E-state index in [1.807, 2.05) is 0 Å². The summed E-state index contributed by atoms with van der Waals surface area (Å²) >= 11 is 9.94. The van der Waals surface area contributed by atoms with Crippen molar-refractivity contribution >= 4 is 46.1 Å². The third kappa shape index (κ3) is 4.19. The molecule has 0 spiro atoms. The molecule has 0 bridgehead atoms. The van der Waals surface area contributed by atoms with E-state index in [0.29, 0.717) is 16.1 Å². The van der Waals surface area contributed by atoms with Crippen molar-refractivity contribution in [2.45, 2.75) is 19.8 Å². The molecule has 1 atom stereocenters. The molecule has 8 heteroatoms. The summed E-state index contributed by atoms with van der Waals surface area (Å²) in [5.74, 6) is 0.362. The first-order valence-electron chi connectivity index (χ1n) is 5.68. The number of thiocarbonyl (C=S) groups is 2. The lowest BCUT2D eigenvalue weighted by Crippen LogP contribution is -2.32. The van der Waals surface area contributed by atoms with Crippen LogP contribution in [0, 0.1) is 5.92 Å². The Morgan fingerprint density at radius 2 is 1.67 bits per heavy atom. The quantitative estimate of drug-likeness (QED) is 0.433. The Labute approximate surface area is 118 Å². The largest absolute Gasteiger partial charge is 0.364 e. The summed E-state index contributed by atoms with van der Waals surface area (Å²) in [5, 5.41) is 15.1. The number of rotatable bonds is 2. The molecule has 1 aliphatic carbocycles. The first kappa shape index (κ1) is 14.8. The smallest absolute Gasteiger partial charge is 0.186 e. The molecule has 0 heterocycles. The lowest BCUT2D eigenvalue weighted by molar-refractivity contribution is 0.740. The van der Waals surface area contributed by atoms with Gasteiger partial charge in [0.2, 0.25) is 0 Å². The average Bonchev–Trinajstić information content (AvgIpc) is 2.73. The van der Waals surface area contributed by atoms with Crippen LogP contribution in [0.4, 0.5) is 0 Å². The Kier molecular flexibility index (Phi) is 5.93. The van der Waals surface area contributed by atoms with Crippen molar-refractivity contribution in [2.24, 2.45) is 16.1 Å². The van der Waals surface area contributed by atoms with Crippen molar-refractivity contribution in [1.29, 1.82) is 0 Å². The second kappa shape index (κ2) is 7.22. The van der Waals surface area contributed by atoms with Crippen LogP contribution in [0.25, 0.3) is 0 Å². The minimum absolute atomic E-state index is 0.362. The van der Waals surface area contributed by atoms with Crippen LogP contribution in [0.2, 0.25) is 0 Å². The van der Waals surface area contributed by atoms with Crippen LogP contribution >= 0.6 is 24.4 Å². The van der Waals surface area contributed by atoms with E-state index < -0.39 is 0 Å². The van der Waals surface area contributed by atoms with Crippen molar-refractivity contribution < 1.29 is 0 Å². The molecule has 1 unspecified atom stereocenters. The number of nitrogens with one attached hydrogen (secondary N) is 4. The van der Waals surface area contributed by atoms with Gasteiger partial charge in [0.15, 0.2) is 10.2 Å². The van der Waals surface area contributed by atoms with Gasteiger partial charge in [-0.15, -0.1) is 0 Å². The highest BCUT2D eigenvalue weighted by molar-refractivity contribution is 7.80. The highest BCUT2D eigenvalue weighted by atomic mass is 32.1. The zero-order chi connectivity index (χ0) is 13.5. The fourth-order valence-corrected chi connectivity index (χ4v) is 1.62. The Balaban J connectivity index is 2.72. The van der Waals surface area contributed by atoms with Crippen molar-refractivity contribution in [1.82, 2.24) is 21.5 Å². The van der Waals surface area contributed by atoms with Crippen LogP contribution < -0.4 is 21.5 Å². The van der Waals surface area contributed by atoms with Gasteiger partial charge < -0.3 is 10.6 Å². The molecule has 1 fully saturated rings. The molecule has 0 radical (unpaired) electrons. The molecule has 0 amide bonds. The fourth-order valence-electron chi connectivity index (χ4n) is 1.53. The molecule has 1 rings (SSSR count). The van der Waals surface area contributed by atoms with Gasteiger partial charge in [0.05, 0.1) is 11.4 Å². The van der Waals surface area contributed by atoms with Gasteiger partial charge in [0.1, 0.15) is 0 Å². The Morgan fingerprint density at radius 3 is 2.22 bits per heavy atom. The molecular weight excluding hydrogens is 268 g/mol. The Morgan fingerprint density at radius 1 is 1.11 bits per heavy atom. The monoisotopic (exact) mass is 286 g/mol. The highest BCUT2D eigenvalue weighted by Gasteiger charge is 2.25.